The number of nitrogens with two attached hydrogens (primary N) is 1. The molecule has 3 nitrogen and oxygen atoms in total. The van der Waals surface area contributed by atoms with Crippen LogP contribution >= 0.6 is 15.9 Å². The Labute approximate surface area is 104 Å². The molecule has 2 N–H and O–H groups in total. The lowest BCUT2D eigenvalue weighted by molar-refractivity contribution is 0.535. The van der Waals surface area contributed by atoms with Gasteiger partial charge in [0.2, 0.25) is 0 Å². The lowest BCUT2D eigenvalue weighted by atomic mass is 9.94. The average Bonchev–Trinajstić information content (AvgIpc) is 3.13. The summed E-state index contributed by atoms with van der Waals surface area (Å²) in [6, 6.07) is 0.172. The molecule has 0 aromatic carbocycles. The monoisotopic (exact) mass is 281 g/mol. The first-order valence-electron chi connectivity index (χ1n) is 5.92. The Morgan fingerprint density at radius 3 is 2.69 bits per heavy atom. The minimum Gasteiger partial charge on any atom is -0.327 e. The number of halogens is 1. The summed E-state index contributed by atoms with van der Waals surface area (Å²) >= 11 is 3.56. The molecule has 2 aliphatic rings. The van der Waals surface area contributed by atoms with Gasteiger partial charge in [-0.3, -0.25) is 0 Å². The van der Waals surface area contributed by atoms with Crippen LogP contribution in [0.5, 0.6) is 0 Å². The van der Waals surface area contributed by atoms with Gasteiger partial charge in [-0.2, -0.15) is 0 Å². The average molecular weight is 282 g/mol. The maximum Gasteiger partial charge on any atom is 0.131 e. The van der Waals surface area contributed by atoms with Crippen molar-refractivity contribution in [1.29, 1.82) is 0 Å². The first kappa shape index (κ1) is 10.7. The zero-order valence-electron chi connectivity index (χ0n) is 9.41. The van der Waals surface area contributed by atoms with E-state index in [1.54, 1.807) is 0 Å². The van der Waals surface area contributed by atoms with Gasteiger partial charge in [-0.1, -0.05) is 0 Å². The van der Waals surface area contributed by atoms with E-state index in [-0.39, 0.29) is 11.5 Å². The van der Waals surface area contributed by atoms with E-state index in [1.807, 2.05) is 6.20 Å². The van der Waals surface area contributed by atoms with Gasteiger partial charge in [0.1, 0.15) is 5.82 Å². The van der Waals surface area contributed by atoms with Gasteiger partial charge >= 0.3 is 0 Å². The quantitative estimate of drug-likeness (QED) is 0.926. The van der Waals surface area contributed by atoms with Gasteiger partial charge < -0.3 is 5.73 Å². The Morgan fingerprint density at radius 1 is 1.50 bits per heavy atom. The molecule has 2 saturated carbocycles. The van der Waals surface area contributed by atoms with E-state index < -0.39 is 0 Å². The summed E-state index contributed by atoms with van der Waals surface area (Å²) in [5.41, 5.74) is 7.35. The Bertz CT molecular complexity index is 422. The van der Waals surface area contributed by atoms with Crippen molar-refractivity contribution in [1.82, 2.24) is 9.97 Å². The first-order chi connectivity index (χ1) is 7.63. The maximum absolute atomic E-state index is 6.09. The third-order valence-electron chi connectivity index (χ3n) is 3.84. The maximum atomic E-state index is 6.09. The van der Waals surface area contributed by atoms with E-state index in [0.717, 1.165) is 28.8 Å². The van der Waals surface area contributed by atoms with Crippen LogP contribution in [-0.4, -0.2) is 16.0 Å². The molecule has 2 fully saturated rings. The van der Waals surface area contributed by atoms with Crippen molar-refractivity contribution < 1.29 is 0 Å². The highest BCUT2D eigenvalue weighted by atomic mass is 79.9. The van der Waals surface area contributed by atoms with Gasteiger partial charge in [-0.25, -0.2) is 9.97 Å². The molecule has 1 aromatic heterocycles. The van der Waals surface area contributed by atoms with Crippen molar-refractivity contribution in [2.24, 2.45) is 5.73 Å². The molecular formula is C12H16BrN3. The zero-order valence-corrected chi connectivity index (χ0v) is 11.0. The Kier molecular flexibility index (Phi) is 2.33. The van der Waals surface area contributed by atoms with Crippen LogP contribution in [0.1, 0.15) is 50.0 Å². The molecule has 4 heteroatoms. The van der Waals surface area contributed by atoms with Crippen LogP contribution < -0.4 is 5.73 Å². The molecule has 0 radical (unpaired) electrons. The molecule has 2 aliphatic carbocycles. The fourth-order valence-corrected chi connectivity index (χ4v) is 2.90. The van der Waals surface area contributed by atoms with Crippen LogP contribution in [0.15, 0.2) is 10.7 Å². The Morgan fingerprint density at radius 2 is 2.19 bits per heavy atom. The lowest BCUT2D eigenvalue weighted by Gasteiger charge is -2.20. The minimum absolute atomic E-state index is 0.116. The fourth-order valence-electron chi connectivity index (χ4n) is 2.31. The van der Waals surface area contributed by atoms with E-state index in [0.29, 0.717) is 5.92 Å². The lowest BCUT2D eigenvalue weighted by Crippen LogP contribution is -2.33. The molecule has 1 unspecified atom stereocenters. The Balaban J connectivity index is 2.02. The zero-order chi connectivity index (χ0) is 11.3. The summed E-state index contributed by atoms with van der Waals surface area (Å²) < 4.78 is 1.02. The van der Waals surface area contributed by atoms with E-state index in [9.17, 15) is 0 Å². The van der Waals surface area contributed by atoms with Crippen LogP contribution in [0.2, 0.25) is 0 Å². The largest absolute Gasteiger partial charge is 0.327 e. The van der Waals surface area contributed by atoms with Gasteiger partial charge in [-0.05, 0) is 48.5 Å². The van der Waals surface area contributed by atoms with Crippen LogP contribution in [0.25, 0.3) is 0 Å². The second kappa shape index (κ2) is 3.50. The molecule has 0 spiro atoms. The highest BCUT2D eigenvalue weighted by Gasteiger charge is 2.50. The van der Waals surface area contributed by atoms with Gasteiger partial charge in [0, 0.05) is 23.6 Å². The van der Waals surface area contributed by atoms with E-state index in [1.165, 1.54) is 12.8 Å². The van der Waals surface area contributed by atoms with E-state index >= 15 is 0 Å². The smallest absolute Gasteiger partial charge is 0.131 e. The minimum atomic E-state index is 0.116. The molecule has 1 aromatic rings. The van der Waals surface area contributed by atoms with Crippen molar-refractivity contribution in [2.75, 3.05) is 0 Å². The molecule has 16 heavy (non-hydrogen) atoms. The van der Waals surface area contributed by atoms with Gasteiger partial charge in [0.25, 0.3) is 0 Å². The summed E-state index contributed by atoms with van der Waals surface area (Å²) in [5, 5.41) is 0. The summed E-state index contributed by atoms with van der Waals surface area (Å²) in [5.74, 6) is 1.63. The van der Waals surface area contributed by atoms with Crippen LogP contribution in [0.4, 0.5) is 0 Å². The predicted octanol–water partition coefficient (Wildman–Crippen LogP) is 2.50. The molecule has 0 bridgehead atoms. The van der Waals surface area contributed by atoms with Crippen molar-refractivity contribution in [3.05, 3.63) is 22.2 Å². The SMILES string of the molecule is CC(N)C1(c2nc(C3CC3)ncc2Br)CC1. The summed E-state index contributed by atoms with van der Waals surface area (Å²) in [4.78, 5) is 9.15. The van der Waals surface area contributed by atoms with Gasteiger partial charge in [-0.15, -0.1) is 0 Å². The normalized spacial score (nSPS) is 24.2. The predicted molar refractivity (Wildman–Crippen MR) is 66.3 cm³/mol. The van der Waals surface area contributed by atoms with E-state index in [4.69, 9.17) is 10.7 Å². The first-order valence-corrected chi connectivity index (χ1v) is 6.71. The standard InChI is InChI=1S/C12H16BrN3/c1-7(14)12(4-5-12)10-9(13)6-15-11(16-10)8-2-3-8/h6-8H,2-5,14H2,1H3. The molecular weight excluding hydrogens is 266 g/mol. The number of rotatable bonds is 3. The fraction of sp³-hybridized carbons (Fsp3) is 0.667. The molecule has 1 atom stereocenters. The van der Waals surface area contributed by atoms with Crippen LogP contribution in [-0.2, 0) is 5.41 Å². The highest BCUT2D eigenvalue weighted by Crippen LogP contribution is 2.52. The molecule has 0 amide bonds. The summed E-state index contributed by atoms with van der Waals surface area (Å²) in [6.07, 6.45) is 6.70. The van der Waals surface area contributed by atoms with Crippen molar-refractivity contribution in [2.45, 2.75) is 50.0 Å². The third kappa shape index (κ3) is 1.59. The second-order valence-electron chi connectivity index (χ2n) is 5.14. The van der Waals surface area contributed by atoms with Crippen molar-refractivity contribution in [3.8, 4) is 0 Å². The van der Waals surface area contributed by atoms with E-state index in [2.05, 4.69) is 27.8 Å². The van der Waals surface area contributed by atoms with Crippen molar-refractivity contribution >= 4 is 15.9 Å². The number of nitrogens with zero attached hydrogens (tertiary/aromatic N) is 2. The Hall–Kier alpha value is -0.480. The molecule has 3 rings (SSSR count). The molecule has 0 saturated heterocycles. The third-order valence-corrected chi connectivity index (χ3v) is 4.42. The molecule has 0 aliphatic heterocycles. The topological polar surface area (TPSA) is 51.8 Å². The number of hydrogen-bond donors (Lipinski definition) is 1. The molecule has 1 heterocycles. The van der Waals surface area contributed by atoms with Gasteiger partial charge in [0.05, 0.1) is 10.2 Å². The summed E-state index contributed by atoms with van der Waals surface area (Å²) in [6.45, 7) is 2.08. The number of hydrogen-bond acceptors (Lipinski definition) is 3. The van der Waals surface area contributed by atoms with Gasteiger partial charge in [0.15, 0.2) is 0 Å². The van der Waals surface area contributed by atoms with Crippen LogP contribution in [0, 0.1) is 0 Å². The second-order valence-corrected chi connectivity index (χ2v) is 6.00. The summed E-state index contributed by atoms with van der Waals surface area (Å²) in [7, 11) is 0. The van der Waals surface area contributed by atoms with Crippen molar-refractivity contribution in [3.63, 3.8) is 0 Å². The molecule has 86 valence electrons. The number of aromatic nitrogens is 2. The highest BCUT2D eigenvalue weighted by molar-refractivity contribution is 9.10. The van der Waals surface area contributed by atoms with Crippen LogP contribution in [0.3, 0.4) is 0 Å².